The molecule has 12 heteroatoms. The van der Waals surface area contributed by atoms with Crippen molar-refractivity contribution in [3.8, 4) is 0 Å². The molecule has 2 saturated carbocycles. The Bertz CT molecular complexity index is 1360. The normalized spacial score (nSPS) is 22.8. The van der Waals surface area contributed by atoms with Crippen LogP contribution in [0.25, 0.3) is 0 Å². The third kappa shape index (κ3) is 6.51. The highest BCUT2D eigenvalue weighted by molar-refractivity contribution is 7.92. The molecule has 0 saturated heterocycles. The summed E-state index contributed by atoms with van der Waals surface area (Å²) >= 11 is 6.29. The van der Waals surface area contributed by atoms with E-state index in [1.165, 1.54) is 12.1 Å². The average molecular weight is 587 g/mol. The maximum atomic E-state index is 13.8. The Labute approximate surface area is 230 Å². The molecule has 2 fully saturated rings. The van der Waals surface area contributed by atoms with E-state index in [1.54, 1.807) is 20.8 Å². The largest absolute Gasteiger partial charge is 0.444 e. The van der Waals surface area contributed by atoms with Gasteiger partial charge in [0.1, 0.15) is 5.60 Å². The molecule has 2 unspecified atom stereocenters. The number of anilines is 1. The van der Waals surface area contributed by atoms with Gasteiger partial charge in [0.25, 0.3) is 5.91 Å². The second-order valence-electron chi connectivity index (χ2n) is 11.2. The van der Waals surface area contributed by atoms with E-state index in [-0.39, 0.29) is 38.9 Å². The number of rotatable bonds is 6. The molecule has 2 aliphatic carbocycles. The second-order valence-corrected chi connectivity index (χ2v) is 13.7. The molecule has 0 aromatic heterocycles. The van der Waals surface area contributed by atoms with Crippen LogP contribution in [-0.4, -0.2) is 37.8 Å². The minimum Gasteiger partial charge on any atom is -0.444 e. The van der Waals surface area contributed by atoms with Crippen LogP contribution in [0.15, 0.2) is 35.2 Å². The van der Waals surface area contributed by atoms with Gasteiger partial charge >= 0.3 is 6.09 Å². The van der Waals surface area contributed by atoms with E-state index in [0.717, 1.165) is 18.9 Å². The molecule has 2 atom stereocenters. The topological polar surface area (TPSA) is 102 Å². The number of hydrogen-bond acceptors (Lipinski definition) is 5. The van der Waals surface area contributed by atoms with Crippen molar-refractivity contribution in [2.75, 3.05) is 11.9 Å². The van der Waals surface area contributed by atoms with E-state index >= 15 is 0 Å². The Hall–Kier alpha value is -2.79. The van der Waals surface area contributed by atoms with Gasteiger partial charge in [-0.2, -0.15) is 0 Å². The number of halogens is 4. The number of ether oxygens (including phenoxy) is 1. The number of amides is 2. The van der Waals surface area contributed by atoms with E-state index in [1.807, 2.05) is 0 Å². The lowest BCUT2D eigenvalue weighted by molar-refractivity contribution is 0.0511. The lowest BCUT2D eigenvalue weighted by Gasteiger charge is -2.35. The Balaban J connectivity index is 1.49. The summed E-state index contributed by atoms with van der Waals surface area (Å²) in [5.74, 6) is -5.64. The molecule has 0 heterocycles. The summed E-state index contributed by atoms with van der Waals surface area (Å²) in [6, 6.07) is 4.97. The van der Waals surface area contributed by atoms with Gasteiger partial charge in [-0.1, -0.05) is 11.6 Å². The van der Waals surface area contributed by atoms with Crippen molar-refractivity contribution in [2.24, 2.45) is 17.8 Å². The molecule has 39 heavy (non-hydrogen) atoms. The van der Waals surface area contributed by atoms with Gasteiger partial charge in [-0.25, -0.2) is 26.4 Å². The van der Waals surface area contributed by atoms with Gasteiger partial charge in [-0.05, 0) is 82.4 Å². The summed E-state index contributed by atoms with van der Waals surface area (Å²) in [7, 11) is -3.95. The highest BCUT2D eigenvalue weighted by Gasteiger charge is 2.50. The number of carbonyl (C=O) groups excluding carboxylic acids is 2. The van der Waals surface area contributed by atoms with Gasteiger partial charge in [0.2, 0.25) is 0 Å². The van der Waals surface area contributed by atoms with Gasteiger partial charge in [0, 0.05) is 29.9 Å². The third-order valence-electron chi connectivity index (χ3n) is 7.14. The minimum atomic E-state index is -3.95. The van der Waals surface area contributed by atoms with Crippen LogP contribution >= 0.6 is 11.6 Å². The minimum absolute atomic E-state index is 0.0430. The zero-order valence-electron chi connectivity index (χ0n) is 21.7. The van der Waals surface area contributed by atoms with E-state index in [9.17, 15) is 31.2 Å². The molecule has 0 aliphatic heterocycles. The predicted octanol–water partition coefficient (Wildman–Crippen LogP) is 6.11. The van der Waals surface area contributed by atoms with Crippen LogP contribution in [0.4, 0.5) is 23.7 Å². The summed E-state index contributed by atoms with van der Waals surface area (Å²) in [5.41, 5.74) is -1.04. The maximum Gasteiger partial charge on any atom is 0.407 e. The van der Waals surface area contributed by atoms with Gasteiger partial charge in [-0.15, -0.1) is 0 Å². The van der Waals surface area contributed by atoms with Crippen LogP contribution in [0.2, 0.25) is 5.02 Å². The molecule has 2 amide bonds. The summed E-state index contributed by atoms with van der Waals surface area (Å²) < 4.78 is 73.2. The van der Waals surface area contributed by atoms with Crippen molar-refractivity contribution >= 4 is 39.1 Å². The summed E-state index contributed by atoms with van der Waals surface area (Å²) in [6.07, 6.45) is 2.14. The highest BCUT2D eigenvalue weighted by Crippen LogP contribution is 2.50. The second kappa shape index (κ2) is 11.0. The number of alkyl carbamates (subject to hydrolysis) is 1. The van der Waals surface area contributed by atoms with Crippen molar-refractivity contribution in [3.05, 3.63) is 58.4 Å². The first-order valence-electron chi connectivity index (χ1n) is 12.6. The fourth-order valence-corrected chi connectivity index (χ4v) is 8.53. The number of nitrogens with one attached hydrogen (secondary N) is 2. The summed E-state index contributed by atoms with van der Waals surface area (Å²) in [4.78, 5) is 24.6. The van der Waals surface area contributed by atoms with Crippen molar-refractivity contribution < 1.29 is 35.9 Å². The third-order valence-corrected chi connectivity index (χ3v) is 10.0. The Kier molecular flexibility index (Phi) is 8.23. The number of hydrogen-bond donors (Lipinski definition) is 2. The molecule has 0 radical (unpaired) electrons. The lowest BCUT2D eigenvalue weighted by atomic mass is 9.80. The number of benzene rings is 2. The van der Waals surface area contributed by atoms with Gasteiger partial charge in [-0.3, -0.25) is 4.79 Å². The maximum absolute atomic E-state index is 13.8. The molecule has 7 nitrogen and oxygen atoms in total. The van der Waals surface area contributed by atoms with Gasteiger partial charge in [0.05, 0.1) is 15.2 Å². The van der Waals surface area contributed by atoms with Crippen LogP contribution in [0.1, 0.15) is 56.8 Å². The first-order valence-corrected chi connectivity index (χ1v) is 14.5. The van der Waals surface area contributed by atoms with Crippen molar-refractivity contribution in [1.82, 2.24) is 5.32 Å². The zero-order valence-corrected chi connectivity index (χ0v) is 23.3. The first kappa shape index (κ1) is 29.2. The van der Waals surface area contributed by atoms with E-state index < -0.39 is 50.1 Å². The Morgan fingerprint density at radius 2 is 1.62 bits per heavy atom. The fourth-order valence-electron chi connectivity index (χ4n) is 5.65. The smallest absolute Gasteiger partial charge is 0.407 e. The Morgan fingerprint density at radius 1 is 1.03 bits per heavy atom. The van der Waals surface area contributed by atoms with Crippen molar-refractivity contribution in [3.63, 3.8) is 0 Å². The number of fused-ring (bicyclic) bond motifs is 2. The van der Waals surface area contributed by atoms with Crippen LogP contribution in [-0.2, 0) is 14.6 Å². The lowest BCUT2D eigenvalue weighted by Crippen LogP contribution is -2.41. The van der Waals surface area contributed by atoms with Crippen LogP contribution in [0.3, 0.4) is 0 Å². The SMILES string of the molecule is CC(C)(C)OC(=O)NCC1CC2CCC(C1)C2S(=O)(=O)c1cc(C(=O)Nc2cc(F)c(F)c(F)c2)ccc1Cl. The number of carbonyl (C=O) groups is 2. The van der Waals surface area contributed by atoms with Crippen molar-refractivity contribution in [2.45, 2.75) is 62.2 Å². The molecule has 2 bridgehead atoms. The standard InChI is InChI=1S/C27H30ClF3N2O5S/c1-27(2,3)38-26(35)32-13-14-8-15-4-5-16(9-14)24(15)39(36,37)22-10-17(6-7-19(22)28)25(34)33-18-11-20(29)23(31)21(30)12-18/h6-7,10-12,14-16,24H,4-5,8-9,13H2,1-3H3,(H,32,35)(H,33,34). The molecule has 2 aromatic rings. The van der Waals surface area contributed by atoms with Gasteiger partial charge in [0.15, 0.2) is 27.3 Å². The Morgan fingerprint density at radius 3 is 2.18 bits per heavy atom. The van der Waals surface area contributed by atoms with Gasteiger partial charge < -0.3 is 15.4 Å². The van der Waals surface area contributed by atoms with E-state index in [2.05, 4.69) is 10.6 Å². The first-order chi connectivity index (χ1) is 18.2. The van der Waals surface area contributed by atoms with Crippen LogP contribution in [0.5, 0.6) is 0 Å². The fraction of sp³-hybridized carbons (Fsp3) is 0.481. The van der Waals surface area contributed by atoms with Crippen LogP contribution < -0.4 is 10.6 Å². The molecule has 2 aromatic carbocycles. The molecule has 0 spiro atoms. The summed E-state index contributed by atoms with van der Waals surface area (Å²) in [5, 5.41) is 4.30. The molecule has 212 valence electrons. The van der Waals surface area contributed by atoms with E-state index in [0.29, 0.717) is 31.5 Å². The zero-order chi connectivity index (χ0) is 28.7. The number of sulfone groups is 1. The quantitative estimate of drug-likeness (QED) is 0.398. The van der Waals surface area contributed by atoms with E-state index in [4.69, 9.17) is 16.3 Å². The van der Waals surface area contributed by atoms with Crippen LogP contribution in [0, 0.1) is 35.2 Å². The average Bonchev–Trinajstić information content (AvgIpc) is 3.11. The molecular weight excluding hydrogens is 557 g/mol. The molecule has 2 N–H and O–H groups in total. The summed E-state index contributed by atoms with van der Waals surface area (Å²) in [6.45, 7) is 5.70. The highest BCUT2D eigenvalue weighted by atomic mass is 35.5. The molecular formula is C27H30ClF3N2O5S. The monoisotopic (exact) mass is 586 g/mol. The van der Waals surface area contributed by atoms with Crippen molar-refractivity contribution in [1.29, 1.82) is 0 Å². The molecule has 2 aliphatic rings. The predicted molar refractivity (Wildman–Crippen MR) is 140 cm³/mol. The molecule has 4 rings (SSSR count).